The number of hydrogen-bond donors (Lipinski definition) is 1. The molecular formula is C20H23N3O4. The highest BCUT2D eigenvalue weighted by Gasteiger charge is 2.29. The number of ether oxygens (including phenoxy) is 1. The number of aryl methyl sites for hydroxylation is 3. The highest BCUT2D eigenvalue weighted by molar-refractivity contribution is 5.61. The second-order valence-corrected chi connectivity index (χ2v) is 7.06. The number of aromatic nitrogens is 3. The van der Waals surface area contributed by atoms with Crippen molar-refractivity contribution in [1.82, 2.24) is 15.3 Å². The lowest BCUT2D eigenvalue weighted by Gasteiger charge is -2.13. The Hall–Kier alpha value is -2.67. The zero-order chi connectivity index (χ0) is 18.8. The fourth-order valence-corrected chi connectivity index (χ4v) is 3.12. The van der Waals surface area contributed by atoms with Crippen molar-refractivity contribution in [1.29, 1.82) is 0 Å². The van der Waals surface area contributed by atoms with Crippen molar-refractivity contribution >= 4 is 0 Å². The maximum Gasteiger partial charge on any atom is 0.230 e. The molecule has 1 aromatic carbocycles. The van der Waals surface area contributed by atoms with Crippen molar-refractivity contribution in [2.45, 2.75) is 52.1 Å². The molecule has 0 spiro atoms. The van der Waals surface area contributed by atoms with Crippen LogP contribution in [0.3, 0.4) is 0 Å². The molecule has 3 aromatic rings. The van der Waals surface area contributed by atoms with E-state index in [4.69, 9.17) is 18.9 Å². The van der Waals surface area contributed by atoms with Crippen LogP contribution in [0.5, 0.6) is 5.75 Å². The molecule has 1 fully saturated rings. The summed E-state index contributed by atoms with van der Waals surface area (Å²) < 4.78 is 16.5. The highest BCUT2D eigenvalue weighted by Crippen LogP contribution is 2.40. The third-order valence-electron chi connectivity index (χ3n) is 4.67. The van der Waals surface area contributed by atoms with Crippen LogP contribution >= 0.6 is 0 Å². The number of aliphatic hydroxyl groups excluding tert-OH is 1. The normalized spacial score (nSPS) is 13.9. The van der Waals surface area contributed by atoms with E-state index in [-0.39, 0.29) is 6.61 Å². The van der Waals surface area contributed by atoms with E-state index in [0.717, 1.165) is 59.8 Å². The molecule has 4 rings (SSSR count). The first kappa shape index (κ1) is 17.7. The Morgan fingerprint density at radius 3 is 2.56 bits per heavy atom. The van der Waals surface area contributed by atoms with Crippen molar-refractivity contribution in [3.8, 4) is 17.1 Å². The van der Waals surface area contributed by atoms with Gasteiger partial charge in [0.25, 0.3) is 0 Å². The topological polar surface area (TPSA) is 94.4 Å². The van der Waals surface area contributed by atoms with Crippen LogP contribution in [0.15, 0.2) is 27.2 Å². The van der Waals surface area contributed by atoms with Gasteiger partial charge in [0.15, 0.2) is 0 Å². The molecule has 0 unspecified atom stereocenters. The standard InChI is InChI=1S/C20H23N3O4/c1-12-8-15(19-21-20(27-23-19)14-5-6-14)9-13(2)18(12)25-7-3-4-17-10-16(11-24)22-26-17/h8-10,14,24H,3-7,11H2,1-2H3. The van der Waals surface area contributed by atoms with E-state index in [2.05, 4.69) is 15.3 Å². The smallest absolute Gasteiger partial charge is 0.230 e. The van der Waals surface area contributed by atoms with Gasteiger partial charge in [-0.05, 0) is 56.4 Å². The maximum atomic E-state index is 9.01. The van der Waals surface area contributed by atoms with E-state index in [9.17, 15) is 0 Å². The molecule has 1 N–H and O–H groups in total. The second-order valence-electron chi connectivity index (χ2n) is 7.06. The summed E-state index contributed by atoms with van der Waals surface area (Å²) in [7, 11) is 0. The molecular weight excluding hydrogens is 346 g/mol. The van der Waals surface area contributed by atoms with Gasteiger partial charge in [0.2, 0.25) is 11.7 Å². The average molecular weight is 369 g/mol. The number of rotatable bonds is 8. The van der Waals surface area contributed by atoms with Crippen LogP contribution in [0, 0.1) is 13.8 Å². The Morgan fingerprint density at radius 1 is 1.11 bits per heavy atom. The van der Waals surface area contributed by atoms with E-state index in [0.29, 0.717) is 24.0 Å². The number of hydrogen-bond acceptors (Lipinski definition) is 7. The minimum Gasteiger partial charge on any atom is -0.493 e. The number of benzene rings is 1. The van der Waals surface area contributed by atoms with Crippen LogP contribution in [0.2, 0.25) is 0 Å². The van der Waals surface area contributed by atoms with Crippen molar-refractivity contribution in [2.24, 2.45) is 0 Å². The predicted octanol–water partition coefficient (Wildman–Crippen LogP) is 3.72. The van der Waals surface area contributed by atoms with Crippen molar-refractivity contribution in [3.63, 3.8) is 0 Å². The Kier molecular flexibility index (Phi) is 4.94. The molecule has 1 aliphatic carbocycles. The monoisotopic (exact) mass is 369 g/mol. The molecule has 1 saturated carbocycles. The maximum absolute atomic E-state index is 9.01. The van der Waals surface area contributed by atoms with E-state index < -0.39 is 0 Å². The lowest BCUT2D eigenvalue weighted by Crippen LogP contribution is -2.02. The van der Waals surface area contributed by atoms with E-state index in [1.54, 1.807) is 6.07 Å². The molecule has 27 heavy (non-hydrogen) atoms. The number of nitrogens with zero attached hydrogens (tertiary/aromatic N) is 3. The van der Waals surface area contributed by atoms with Crippen molar-refractivity contribution < 1.29 is 18.9 Å². The van der Waals surface area contributed by atoms with Gasteiger partial charge in [-0.1, -0.05) is 10.3 Å². The molecule has 7 nitrogen and oxygen atoms in total. The van der Waals surface area contributed by atoms with Gasteiger partial charge in [0, 0.05) is 24.0 Å². The molecule has 0 radical (unpaired) electrons. The molecule has 0 aliphatic heterocycles. The van der Waals surface area contributed by atoms with Gasteiger partial charge in [0.05, 0.1) is 13.2 Å². The fraction of sp³-hybridized carbons (Fsp3) is 0.450. The Balaban J connectivity index is 1.37. The van der Waals surface area contributed by atoms with Gasteiger partial charge in [-0.15, -0.1) is 0 Å². The van der Waals surface area contributed by atoms with E-state index in [1.165, 1.54) is 0 Å². The average Bonchev–Trinajstić information content (AvgIpc) is 3.20. The summed E-state index contributed by atoms with van der Waals surface area (Å²) in [6, 6.07) is 5.84. The summed E-state index contributed by atoms with van der Waals surface area (Å²) in [4.78, 5) is 4.52. The summed E-state index contributed by atoms with van der Waals surface area (Å²) in [5, 5.41) is 16.9. The van der Waals surface area contributed by atoms with Gasteiger partial charge in [-0.2, -0.15) is 4.98 Å². The van der Waals surface area contributed by atoms with Crippen LogP contribution in [0.4, 0.5) is 0 Å². The highest BCUT2D eigenvalue weighted by atomic mass is 16.5. The van der Waals surface area contributed by atoms with Crippen molar-refractivity contribution in [2.75, 3.05) is 6.61 Å². The minimum absolute atomic E-state index is 0.104. The first-order chi connectivity index (χ1) is 13.1. The van der Waals surface area contributed by atoms with Crippen LogP contribution in [-0.4, -0.2) is 27.0 Å². The van der Waals surface area contributed by atoms with E-state index in [1.807, 2.05) is 26.0 Å². The predicted molar refractivity (Wildman–Crippen MR) is 97.4 cm³/mol. The van der Waals surface area contributed by atoms with Crippen molar-refractivity contribution in [3.05, 3.63) is 46.7 Å². The Bertz CT molecular complexity index is 904. The summed E-state index contributed by atoms with van der Waals surface area (Å²) in [5.41, 5.74) is 3.60. The summed E-state index contributed by atoms with van der Waals surface area (Å²) >= 11 is 0. The summed E-state index contributed by atoms with van der Waals surface area (Å²) in [6.45, 7) is 4.52. The molecule has 2 aromatic heterocycles. The molecule has 7 heteroatoms. The van der Waals surface area contributed by atoms with Gasteiger partial charge in [-0.25, -0.2) is 0 Å². The van der Waals surface area contributed by atoms with Crippen LogP contribution in [0.1, 0.15) is 53.7 Å². The Morgan fingerprint density at radius 2 is 1.89 bits per heavy atom. The molecule has 0 bridgehead atoms. The molecule has 0 atom stereocenters. The minimum atomic E-state index is -0.104. The molecule has 142 valence electrons. The van der Waals surface area contributed by atoms with Gasteiger partial charge in [0.1, 0.15) is 17.2 Å². The zero-order valence-electron chi connectivity index (χ0n) is 15.6. The van der Waals surface area contributed by atoms with Crippen LogP contribution in [-0.2, 0) is 13.0 Å². The molecule has 2 heterocycles. The van der Waals surface area contributed by atoms with Gasteiger partial charge in [-0.3, -0.25) is 0 Å². The fourth-order valence-electron chi connectivity index (χ4n) is 3.12. The van der Waals surface area contributed by atoms with E-state index >= 15 is 0 Å². The van der Waals surface area contributed by atoms with Gasteiger partial charge >= 0.3 is 0 Å². The lowest BCUT2D eigenvalue weighted by molar-refractivity contribution is 0.263. The third kappa shape index (κ3) is 4.03. The van der Waals surface area contributed by atoms with Crippen LogP contribution < -0.4 is 4.74 Å². The summed E-state index contributed by atoms with van der Waals surface area (Å²) in [5.74, 6) is 3.49. The lowest BCUT2D eigenvalue weighted by atomic mass is 10.1. The second kappa shape index (κ2) is 7.52. The molecule has 0 saturated heterocycles. The number of aliphatic hydroxyl groups is 1. The van der Waals surface area contributed by atoms with Crippen LogP contribution in [0.25, 0.3) is 11.4 Å². The zero-order valence-corrected chi connectivity index (χ0v) is 15.6. The third-order valence-corrected chi connectivity index (χ3v) is 4.67. The molecule has 0 amide bonds. The summed E-state index contributed by atoms with van der Waals surface area (Å²) in [6.07, 6.45) is 3.80. The SMILES string of the molecule is Cc1cc(-c2noc(C3CC3)n2)cc(C)c1OCCCc1cc(CO)no1. The van der Waals surface area contributed by atoms with Gasteiger partial charge < -0.3 is 18.9 Å². The Labute approximate surface area is 157 Å². The quantitative estimate of drug-likeness (QED) is 0.605. The first-order valence-corrected chi connectivity index (χ1v) is 9.27. The largest absolute Gasteiger partial charge is 0.493 e. The molecule has 1 aliphatic rings. The first-order valence-electron chi connectivity index (χ1n) is 9.27.